The maximum atomic E-state index is 12.9. The molecule has 2 fully saturated rings. The Balaban J connectivity index is 1.15. The number of amides is 2. The first kappa shape index (κ1) is 23.4. The van der Waals surface area contributed by atoms with E-state index in [4.69, 9.17) is 4.74 Å². The Kier molecular flexibility index (Phi) is 5.82. The molecule has 184 valence electrons. The van der Waals surface area contributed by atoms with Crippen LogP contribution in [0.3, 0.4) is 0 Å². The maximum Gasteiger partial charge on any atom is 0.407 e. The number of aliphatic carboxylic acids is 1. The van der Waals surface area contributed by atoms with Gasteiger partial charge in [0.05, 0.1) is 10.8 Å². The molecule has 4 atom stereocenters. The van der Waals surface area contributed by atoms with E-state index < -0.39 is 22.9 Å². The summed E-state index contributed by atoms with van der Waals surface area (Å²) in [5.74, 6) is -0.782. The van der Waals surface area contributed by atoms with Crippen LogP contribution in [-0.2, 0) is 14.3 Å². The topological polar surface area (TPSA) is 105 Å². The number of carbonyl (C=O) groups excluding carboxylic acids is 2. The Morgan fingerprint density at radius 3 is 2.29 bits per heavy atom. The third-order valence-electron chi connectivity index (χ3n) is 8.47. The van der Waals surface area contributed by atoms with Crippen molar-refractivity contribution >= 4 is 18.0 Å². The molecule has 0 bridgehead atoms. The molecule has 2 saturated carbocycles. The van der Waals surface area contributed by atoms with Gasteiger partial charge < -0.3 is 20.5 Å². The Morgan fingerprint density at radius 1 is 1.06 bits per heavy atom. The predicted octanol–water partition coefficient (Wildman–Crippen LogP) is 4.31. The second kappa shape index (κ2) is 8.70. The number of benzene rings is 2. The van der Waals surface area contributed by atoms with E-state index in [1.807, 2.05) is 31.2 Å². The summed E-state index contributed by atoms with van der Waals surface area (Å²) in [5, 5.41) is 15.3. The molecular formula is C28H32N2O5. The molecule has 0 spiro atoms. The number of hydrogen-bond acceptors (Lipinski definition) is 4. The second-order valence-electron chi connectivity index (χ2n) is 10.6. The minimum absolute atomic E-state index is 0.00404. The van der Waals surface area contributed by atoms with Crippen molar-refractivity contribution in [3.05, 3.63) is 59.7 Å². The average Bonchev–Trinajstić information content (AvgIpc) is 3.28. The Bertz CT molecular complexity index is 1130. The van der Waals surface area contributed by atoms with Gasteiger partial charge in [0.2, 0.25) is 5.91 Å². The van der Waals surface area contributed by atoms with Crippen LogP contribution in [0.1, 0.15) is 56.6 Å². The first-order chi connectivity index (χ1) is 16.8. The van der Waals surface area contributed by atoms with Crippen LogP contribution in [0, 0.1) is 16.7 Å². The minimum Gasteiger partial charge on any atom is -0.481 e. The fraction of sp³-hybridized carbons (Fsp3) is 0.464. The number of alkyl carbamates (subject to hydrolysis) is 1. The monoisotopic (exact) mass is 476 g/mol. The molecule has 3 N–H and O–H groups in total. The van der Waals surface area contributed by atoms with Crippen LogP contribution in [0.2, 0.25) is 0 Å². The van der Waals surface area contributed by atoms with E-state index >= 15 is 0 Å². The van der Waals surface area contributed by atoms with Crippen LogP contribution in [0.5, 0.6) is 0 Å². The molecule has 35 heavy (non-hydrogen) atoms. The van der Waals surface area contributed by atoms with E-state index in [1.165, 1.54) is 22.3 Å². The van der Waals surface area contributed by atoms with Gasteiger partial charge in [-0.2, -0.15) is 0 Å². The van der Waals surface area contributed by atoms with Crippen molar-refractivity contribution in [1.82, 2.24) is 10.6 Å². The third-order valence-corrected chi connectivity index (χ3v) is 8.47. The van der Waals surface area contributed by atoms with Crippen molar-refractivity contribution in [2.75, 3.05) is 13.2 Å². The van der Waals surface area contributed by atoms with Gasteiger partial charge in [0.1, 0.15) is 6.61 Å². The Hall–Kier alpha value is -3.35. The molecule has 0 heterocycles. The van der Waals surface area contributed by atoms with Crippen molar-refractivity contribution in [3.8, 4) is 11.1 Å². The van der Waals surface area contributed by atoms with E-state index in [9.17, 15) is 19.5 Å². The lowest BCUT2D eigenvalue weighted by Gasteiger charge is -2.25. The van der Waals surface area contributed by atoms with Crippen LogP contribution in [0.4, 0.5) is 4.79 Å². The Morgan fingerprint density at radius 2 is 1.69 bits per heavy atom. The number of ether oxygens (including phenoxy) is 1. The predicted molar refractivity (Wildman–Crippen MR) is 131 cm³/mol. The highest BCUT2D eigenvalue weighted by Gasteiger charge is 2.65. The molecule has 4 unspecified atom stereocenters. The fourth-order valence-electron chi connectivity index (χ4n) is 5.90. The number of fused-ring (bicyclic) bond motifs is 4. The highest BCUT2D eigenvalue weighted by molar-refractivity contribution is 5.87. The highest BCUT2D eigenvalue weighted by Crippen LogP contribution is 2.63. The van der Waals surface area contributed by atoms with Gasteiger partial charge in [-0.25, -0.2) is 4.79 Å². The summed E-state index contributed by atoms with van der Waals surface area (Å²) >= 11 is 0. The lowest BCUT2D eigenvalue weighted by Crippen LogP contribution is -2.44. The van der Waals surface area contributed by atoms with E-state index in [2.05, 4.69) is 34.9 Å². The molecule has 2 aromatic carbocycles. The van der Waals surface area contributed by atoms with Crippen LogP contribution in [0.15, 0.2) is 48.5 Å². The van der Waals surface area contributed by atoms with Gasteiger partial charge in [0.15, 0.2) is 0 Å². The van der Waals surface area contributed by atoms with E-state index in [0.29, 0.717) is 12.8 Å². The van der Waals surface area contributed by atoms with Crippen LogP contribution < -0.4 is 10.6 Å². The van der Waals surface area contributed by atoms with Crippen LogP contribution in [0.25, 0.3) is 11.1 Å². The minimum atomic E-state index is -0.978. The van der Waals surface area contributed by atoms with Crippen molar-refractivity contribution in [2.24, 2.45) is 16.7 Å². The summed E-state index contributed by atoms with van der Waals surface area (Å²) in [6.45, 7) is 3.82. The smallest absolute Gasteiger partial charge is 0.407 e. The van der Waals surface area contributed by atoms with Gasteiger partial charge in [0, 0.05) is 18.5 Å². The average molecular weight is 477 g/mol. The summed E-state index contributed by atoms with van der Waals surface area (Å²) in [6.07, 6.45) is 2.06. The number of carboxylic acid groups (broad SMARTS) is 1. The molecule has 3 aliphatic rings. The fourth-order valence-corrected chi connectivity index (χ4v) is 5.90. The lowest BCUT2D eigenvalue weighted by atomic mass is 9.87. The normalized spacial score (nSPS) is 25.5. The van der Waals surface area contributed by atoms with E-state index in [1.54, 1.807) is 6.92 Å². The zero-order valence-electron chi connectivity index (χ0n) is 20.2. The molecule has 5 rings (SSSR count). The Labute approximate surface area is 205 Å². The molecule has 0 aromatic heterocycles. The van der Waals surface area contributed by atoms with Crippen molar-refractivity contribution < 1.29 is 24.2 Å². The summed E-state index contributed by atoms with van der Waals surface area (Å²) in [7, 11) is 0. The van der Waals surface area contributed by atoms with Crippen molar-refractivity contribution in [1.29, 1.82) is 0 Å². The highest BCUT2D eigenvalue weighted by atomic mass is 16.5. The zero-order valence-corrected chi connectivity index (χ0v) is 20.2. The molecule has 0 radical (unpaired) electrons. The molecule has 0 saturated heterocycles. The zero-order chi connectivity index (χ0) is 24.8. The molecule has 2 aromatic rings. The summed E-state index contributed by atoms with van der Waals surface area (Å²) in [5.41, 5.74) is 3.23. The molecule has 3 aliphatic carbocycles. The van der Waals surface area contributed by atoms with Crippen molar-refractivity contribution in [2.45, 2.75) is 51.5 Å². The number of hydrogen-bond donors (Lipinski definition) is 3. The molecule has 7 nitrogen and oxygen atoms in total. The number of carbonyl (C=O) groups is 3. The molecule has 7 heteroatoms. The molecule has 2 amide bonds. The summed E-state index contributed by atoms with van der Waals surface area (Å²) in [4.78, 5) is 37.1. The van der Waals surface area contributed by atoms with Gasteiger partial charge in [0.25, 0.3) is 0 Å². The van der Waals surface area contributed by atoms with Crippen LogP contribution in [-0.4, -0.2) is 42.3 Å². The largest absolute Gasteiger partial charge is 0.481 e. The molecule has 0 aliphatic heterocycles. The van der Waals surface area contributed by atoms with E-state index in [0.717, 1.165) is 12.8 Å². The van der Waals surface area contributed by atoms with Gasteiger partial charge >= 0.3 is 12.1 Å². The SMILES string of the molecule is CCC(C)(CNC(=O)C12CC(NC(=O)OCC3c4ccccc4-c4ccccc43)CC1C2)C(=O)O. The van der Waals surface area contributed by atoms with Gasteiger partial charge in [-0.1, -0.05) is 55.5 Å². The second-order valence-corrected chi connectivity index (χ2v) is 10.6. The number of carboxylic acids is 1. The first-order valence-corrected chi connectivity index (χ1v) is 12.4. The maximum absolute atomic E-state index is 12.9. The summed E-state index contributed by atoms with van der Waals surface area (Å²) in [6, 6.07) is 16.3. The first-order valence-electron chi connectivity index (χ1n) is 12.4. The van der Waals surface area contributed by atoms with Crippen molar-refractivity contribution in [3.63, 3.8) is 0 Å². The summed E-state index contributed by atoms with van der Waals surface area (Å²) < 4.78 is 5.66. The van der Waals surface area contributed by atoms with Gasteiger partial charge in [-0.05, 0) is 60.8 Å². The quantitative estimate of drug-likeness (QED) is 0.527. The molecular weight excluding hydrogens is 444 g/mol. The number of nitrogens with one attached hydrogen (secondary N) is 2. The lowest BCUT2D eigenvalue weighted by molar-refractivity contribution is -0.148. The number of rotatable bonds is 8. The standard InChI is InChI=1S/C28H32N2O5/c1-3-27(2,25(32)33)16-29-24(31)28-13-17(28)12-18(14-28)30-26(34)35-15-23-21-10-6-4-8-19(21)20-9-5-7-11-22(20)23/h4-11,17-18,23H,3,12-16H2,1-2H3,(H,29,31)(H,30,34)(H,32,33). The third kappa shape index (κ3) is 4.07. The van der Waals surface area contributed by atoms with E-state index in [-0.39, 0.29) is 36.9 Å². The van der Waals surface area contributed by atoms with Crippen LogP contribution >= 0.6 is 0 Å². The van der Waals surface area contributed by atoms with Gasteiger partial charge in [-0.15, -0.1) is 0 Å². The van der Waals surface area contributed by atoms with Gasteiger partial charge in [-0.3, -0.25) is 9.59 Å².